The van der Waals surface area contributed by atoms with Crippen LogP contribution in [0.1, 0.15) is 5.56 Å². The molecule has 0 atom stereocenters. The van der Waals surface area contributed by atoms with Crippen molar-refractivity contribution in [2.24, 2.45) is 0 Å². The number of aromatic nitrogens is 2. The minimum atomic E-state index is 0.208. The van der Waals surface area contributed by atoms with Crippen LogP contribution in [-0.2, 0) is 0 Å². The molecule has 0 N–H and O–H groups in total. The van der Waals surface area contributed by atoms with E-state index in [1.807, 2.05) is 6.07 Å². The Labute approximate surface area is 142 Å². The third-order valence-electron chi connectivity index (χ3n) is 3.81. The number of benzene rings is 2. The molecule has 0 saturated heterocycles. The molecule has 2 aromatic heterocycles. The summed E-state index contributed by atoms with van der Waals surface area (Å²) in [5, 5.41) is 0. The van der Waals surface area contributed by atoms with E-state index in [0.717, 1.165) is 11.3 Å². The van der Waals surface area contributed by atoms with Gasteiger partial charge in [-0.3, -0.25) is 0 Å². The molecule has 2 nitrogen and oxygen atoms in total. The Balaban J connectivity index is 1.94. The van der Waals surface area contributed by atoms with E-state index in [2.05, 4.69) is 84.3 Å². The first-order valence-electron chi connectivity index (χ1n) is 7.59. The van der Waals surface area contributed by atoms with Crippen LogP contribution in [0.5, 0.6) is 0 Å². The van der Waals surface area contributed by atoms with Gasteiger partial charge in [0.25, 0.3) is 0 Å². The first-order chi connectivity index (χ1) is 11.3. The number of rotatable bonds is 3. The Bertz CT molecular complexity index is 943. The monoisotopic (exact) mass is 364 g/mol. The summed E-state index contributed by atoms with van der Waals surface area (Å²) in [6.45, 7) is 2.12. The maximum atomic E-state index is 4.96. The summed E-state index contributed by atoms with van der Waals surface area (Å²) in [6, 6.07) is 25.4. The summed E-state index contributed by atoms with van der Waals surface area (Å²) < 4.78 is 4.92. The van der Waals surface area contributed by atoms with Crippen LogP contribution in [0, 0.1) is 6.92 Å². The van der Waals surface area contributed by atoms with E-state index >= 15 is 0 Å². The fourth-order valence-corrected chi connectivity index (χ4v) is 4.81. The Morgan fingerprint density at radius 3 is 2.26 bits per heavy atom. The van der Waals surface area contributed by atoms with Gasteiger partial charge in [-0.05, 0) is 0 Å². The third kappa shape index (κ3) is 2.70. The van der Waals surface area contributed by atoms with E-state index in [1.165, 1.54) is 20.2 Å². The number of aryl methyl sites for hydroxylation is 1. The van der Waals surface area contributed by atoms with Crippen LogP contribution in [0.25, 0.3) is 16.9 Å². The van der Waals surface area contributed by atoms with Crippen molar-refractivity contribution >= 4 is 29.7 Å². The molecule has 3 heteroatoms. The average molecular weight is 363 g/mol. The molecule has 0 unspecified atom stereocenters. The number of hydrogen-bond acceptors (Lipinski definition) is 1. The van der Waals surface area contributed by atoms with Crippen LogP contribution in [0.15, 0.2) is 79.0 Å². The summed E-state index contributed by atoms with van der Waals surface area (Å²) in [7, 11) is 0. The van der Waals surface area contributed by atoms with Gasteiger partial charge in [0.1, 0.15) is 0 Å². The molecule has 0 fully saturated rings. The zero-order valence-corrected chi connectivity index (χ0v) is 14.5. The van der Waals surface area contributed by atoms with Gasteiger partial charge in [-0.25, -0.2) is 0 Å². The number of pyridine rings is 1. The number of imidazole rings is 1. The maximum absolute atomic E-state index is 4.96. The molecule has 0 bridgehead atoms. The average Bonchev–Trinajstić information content (AvgIpc) is 2.97. The van der Waals surface area contributed by atoms with Crippen molar-refractivity contribution < 1.29 is 0 Å². The second-order valence-electron chi connectivity index (χ2n) is 5.43. The van der Waals surface area contributed by atoms with E-state index in [9.17, 15) is 0 Å². The second kappa shape index (κ2) is 6.04. The zero-order chi connectivity index (χ0) is 15.6. The van der Waals surface area contributed by atoms with Crippen molar-refractivity contribution in [3.05, 3.63) is 84.6 Å². The predicted molar refractivity (Wildman–Crippen MR) is 96.8 cm³/mol. The molecule has 23 heavy (non-hydrogen) atoms. The van der Waals surface area contributed by atoms with Gasteiger partial charge < -0.3 is 0 Å². The van der Waals surface area contributed by atoms with Crippen LogP contribution in [-0.4, -0.2) is 24.3 Å². The first-order valence-corrected chi connectivity index (χ1v) is 9.30. The van der Waals surface area contributed by atoms with Crippen LogP contribution in [0.3, 0.4) is 0 Å². The molecule has 0 aliphatic carbocycles. The third-order valence-corrected chi connectivity index (χ3v) is 6.10. The first kappa shape index (κ1) is 14.3. The molecule has 0 saturated carbocycles. The minimum absolute atomic E-state index is 0.208. The quantitative estimate of drug-likeness (QED) is 0.512. The molecular formula is C20H16N2Se. The topological polar surface area (TPSA) is 17.3 Å². The number of nitrogens with zero attached hydrogens (tertiary/aromatic N) is 2. The van der Waals surface area contributed by atoms with E-state index in [4.69, 9.17) is 4.98 Å². The summed E-state index contributed by atoms with van der Waals surface area (Å²) in [4.78, 5) is 4.96. The normalized spacial score (nSPS) is 11.0. The second-order valence-corrected chi connectivity index (χ2v) is 7.66. The zero-order valence-electron chi connectivity index (χ0n) is 12.8. The van der Waals surface area contributed by atoms with Crippen LogP contribution in [0.4, 0.5) is 0 Å². The van der Waals surface area contributed by atoms with Gasteiger partial charge in [0.05, 0.1) is 0 Å². The molecule has 0 spiro atoms. The van der Waals surface area contributed by atoms with Crippen LogP contribution >= 0.6 is 0 Å². The van der Waals surface area contributed by atoms with E-state index in [0.29, 0.717) is 0 Å². The summed E-state index contributed by atoms with van der Waals surface area (Å²) in [5.74, 6) is 0. The van der Waals surface area contributed by atoms with Crippen molar-refractivity contribution in [3.63, 3.8) is 0 Å². The SMILES string of the molecule is Cc1cccn2c([Se]c3ccccc3)c(-c3ccccc3)nc12. The fraction of sp³-hybridized carbons (Fsp3) is 0.0500. The Morgan fingerprint density at radius 1 is 0.826 bits per heavy atom. The van der Waals surface area contributed by atoms with Crippen molar-refractivity contribution in [2.75, 3.05) is 0 Å². The number of hydrogen-bond donors (Lipinski definition) is 0. The molecule has 2 heterocycles. The fourth-order valence-electron chi connectivity index (χ4n) is 2.66. The van der Waals surface area contributed by atoms with Gasteiger partial charge in [0, 0.05) is 0 Å². The van der Waals surface area contributed by atoms with Gasteiger partial charge in [0.2, 0.25) is 0 Å². The van der Waals surface area contributed by atoms with E-state index < -0.39 is 0 Å². The summed E-state index contributed by atoms with van der Waals surface area (Å²) in [6.07, 6.45) is 2.13. The molecule has 2 aromatic carbocycles. The molecule has 4 rings (SSSR count). The van der Waals surface area contributed by atoms with Crippen LogP contribution < -0.4 is 9.05 Å². The van der Waals surface area contributed by atoms with Gasteiger partial charge in [-0.2, -0.15) is 0 Å². The summed E-state index contributed by atoms with van der Waals surface area (Å²) in [5.41, 5.74) is 4.55. The van der Waals surface area contributed by atoms with Crippen molar-refractivity contribution in [1.82, 2.24) is 9.38 Å². The Kier molecular flexibility index (Phi) is 3.74. The molecular weight excluding hydrogens is 347 g/mol. The van der Waals surface area contributed by atoms with Gasteiger partial charge in [-0.1, -0.05) is 0 Å². The summed E-state index contributed by atoms with van der Waals surface area (Å²) >= 11 is 0.208. The Morgan fingerprint density at radius 2 is 1.52 bits per heavy atom. The predicted octanol–water partition coefficient (Wildman–Crippen LogP) is 2.96. The van der Waals surface area contributed by atoms with Crippen LogP contribution in [0.2, 0.25) is 0 Å². The molecule has 112 valence electrons. The van der Waals surface area contributed by atoms with E-state index in [-0.39, 0.29) is 15.0 Å². The molecule has 4 aromatic rings. The van der Waals surface area contributed by atoms with E-state index in [1.54, 1.807) is 0 Å². The van der Waals surface area contributed by atoms with Crippen molar-refractivity contribution in [2.45, 2.75) is 6.92 Å². The van der Waals surface area contributed by atoms with Crippen molar-refractivity contribution in [1.29, 1.82) is 0 Å². The molecule has 0 aliphatic heterocycles. The van der Waals surface area contributed by atoms with Crippen molar-refractivity contribution in [3.8, 4) is 11.3 Å². The molecule has 0 aliphatic rings. The Hall–Kier alpha value is -2.35. The number of fused-ring (bicyclic) bond motifs is 1. The molecule has 0 amide bonds. The van der Waals surface area contributed by atoms with Gasteiger partial charge >= 0.3 is 142 Å². The van der Waals surface area contributed by atoms with Gasteiger partial charge in [-0.15, -0.1) is 0 Å². The standard InChI is InChI=1S/C20H16N2Se/c1-15-9-8-14-22-19(15)21-18(16-10-4-2-5-11-16)20(22)23-17-12-6-3-7-13-17/h2-14H,1H3. The van der Waals surface area contributed by atoms with Gasteiger partial charge in [0.15, 0.2) is 0 Å². The molecule has 0 radical (unpaired) electrons.